The number of rotatable bonds is 2. The Morgan fingerprint density at radius 3 is 2.56 bits per heavy atom. The summed E-state index contributed by atoms with van der Waals surface area (Å²) >= 11 is 7.70. The summed E-state index contributed by atoms with van der Waals surface area (Å²) in [4.78, 5) is 14.0. The average Bonchev–Trinajstić information content (AvgIpc) is 2.55. The Bertz CT molecular complexity index is 868. The highest BCUT2D eigenvalue weighted by Crippen LogP contribution is 2.53. The highest BCUT2D eigenvalue weighted by Gasteiger charge is 2.41. The summed E-state index contributed by atoms with van der Waals surface area (Å²) in [5.74, 6) is 1.90. The van der Waals surface area contributed by atoms with Crippen molar-refractivity contribution in [1.29, 1.82) is 0 Å². The van der Waals surface area contributed by atoms with Gasteiger partial charge in [-0.15, -0.1) is 11.8 Å². The Labute approximate surface area is 157 Å². The number of allylic oxidation sites excluding steroid dienone is 1. The number of benzene rings is 2. The summed E-state index contributed by atoms with van der Waals surface area (Å²) in [6.45, 7) is 4.25. The number of thioether (sulfide) groups is 1. The molecule has 0 amide bonds. The van der Waals surface area contributed by atoms with E-state index in [-0.39, 0.29) is 16.4 Å². The molecule has 2 aromatic rings. The van der Waals surface area contributed by atoms with Crippen LogP contribution in [0.4, 0.5) is 0 Å². The number of halogens is 1. The first-order valence-corrected chi connectivity index (χ1v) is 9.64. The fraction of sp³-hybridized carbons (Fsp3) is 0.286. The zero-order chi connectivity index (χ0) is 17.6. The van der Waals surface area contributed by atoms with Gasteiger partial charge in [-0.2, -0.15) is 0 Å². The van der Waals surface area contributed by atoms with Crippen LogP contribution in [0.3, 0.4) is 0 Å². The lowest BCUT2D eigenvalue weighted by Crippen LogP contribution is -2.31. The number of ketones is 1. The molecule has 2 nitrogen and oxygen atoms in total. The highest BCUT2D eigenvalue weighted by atomic mass is 35.5. The van der Waals surface area contributed by atoms with Gasteiger partial charge in [0, 0.05) is 28.3 Å². The molecule has 1 aliphatic carbocycles. The van der Waals surface area contributed by atoms with Crippen LogP contribution in [0.15, 0.2) is 64.8 Å². The highest BCUT2D eigenvalue weighted by molar-refractivity contribution is 7.99. The van der Waals surface area contributed by atoms with Crippen LogP contribution in [0.1, 0.15) is 37.5 Å². The van der Waals surface area contributed by atoms with Crippen LogP contribution in [0, 0.1) is 5.41 Å². The maximum absolute atomic E-state index is 12.9. The molecule has 0 radical (unpaired) electrons. The number of carbonyl (C=O) groups excluding carboxylic acids is 1. The minimum atomic E-state index is -0.0578. The molecule has 1 heterocycles. The van der Waals surface area contributed by atoms with E-state index in [1.165, 1.54) is 0 Å². The monoisotopic (exact) mass is 370 g/mol. The minimum Gasteiger partial charge on any atom is -0.461 e. The summed E-state index contributed by atoms with van der Waals surface area (Å²) in [6.07, 6.45) is 1.36. The predicted molar refractivity (Wildman–Crippen MR) is 102 cm³/mol. The molecule has 1 atom stereocenters. The lowest BCUT2D eigenvalue weighted by atomic mass is 9.74. The van der Waals surface area contributed by atoms with Crippen LogP contribution in [-0.4, -0.2) is 5.78 Å². The van der Waals surface area contributed by atoms with Crippen LogP contribution < -0.4 is 4.74 Å². The van der Waals surface area contributed by atoms with E-state index in [0.717, 1.165) is 34.0 Å². The van der Waals surface area contributed by atoms with Crippen molar-refractivity contribution in [3.63, 3.8) is 0 Å². The second-order valence-corrected chi connectivity index (χ2v) is 8.98. The molecule has 0 N–H and O–H groups in total. The molecule has 0 aromatic heterocycles. The van der Waals surface area contributed by atoms with Crippen LogP contribution >= 0.6 is 23.4 Å². The number of hydrogen-bond acceptors (Lipinski definition) is 3. The largest absolute Gasteiger partial charge is 0.461 e. The van der Waals surface area contributed by atoms with Gasteiger partial charge in [-0.25, -0.2) is 0 Å². The fourth-order valence-electron chi connectivity index (χ4n) is 3.51. The van der Waals surface area contributed by atoms with Gasteiger partial charge in [-0.3, -0.25) is 4.79 Å². The van der Waals surface area contributed by atoms with Gasteiger partial charge in [0.15, 0.2) is 5.78 Å². The SMILES string of the molecule is CC1(C)CC(=O)C2=C(C1)Oc1ccccc1C2Sc1ccc(Cl)cc1. The first kappa shape index (κ1) is 16.7. The van der Waals surface area contributed by atoms with Crippen molar-refractivity contribution in [2.45, 2.75) is 36.8 Å². The Balaban J connectivity index is 1.79. The molecule has 0 bridgehead atoms. The number of fused-ring (bicyclic) bond motifs is 1. The summed E-state index contributed by atoms with van der Waals surface area (Å²) in [6, 6.07) is 15.8. The third kappa shape index (κ3) is 3.23. The summed E-state index contributed by atoms with van der Waals surface area (Å²) in [5, 5.41) is 0.678. The van der Waals surface area contributed by atoms with Crippen molar-refractivity contribution in [3.05, 3.63) is 70.4 Å². The van der Waals surface area contributed by atoms with E-state index in [9.17, 15) is 4.79 Å². The molecule has 4 heteroatoms. The first-order valence-electron chi connectivity index (χ1n) is 8.38. The van der Waals surface area contributed by atoms with Gasteiger partial charge in [0.2, 0.25) is 0 Å². The van der Waals surface area contributed by atoms with Crippen molar-refractivity contribution in [3.8, 4) is 5.75 Å². The minimum absolute atomic E-state index is 0.0373. The van der Waals surface area contributed by atoms with Gasteiger partial charge in [-0.1, -0.05) is 43.6 Å². The molecule has 0 saturated heterocycles. The number of carbonyl (C=O) groups is 1. The van der Waals surface area contributed by atoms with Gasteiger partial charge >= 0.3 is 0 Å². The maximum atomic E-state index is 12.9. The number of hydrogen-bond donors (Lipinski definition) is 0. The number of para-hydroxylation sites is 1. The molecule has 2 aliphatic rings. The molecule has 4 rings (SSSR count). The summed E-state index contributed by atoms with van der Waals surface area (Å²) in [7, 11) is 0. The topological polar surface area (TPSA) is 26.3 Å². The molecule has 0 spiro atoms. The maximum Gasteiger partial charge on any atom is 0.164 e. The Morgan fingerprint density at radius 1 is 1.08 bits per heavy atom. The van der Waals surface area contributed by atoms with Gasteiger partial charge in [-0.05, 0) is 35.7 Å². The van der Waals surface area contributed by atoms with E-state index in [4.69, 9.17) is 16.3 Å². The van der Waals surface area contributed by atoms with E-state index in [2.05, 4.69) is 19.9 Å². The number of Topliss-reactive ketones (excluding diaryl/α,β-unsaturated/α-hetero) is 1. The first-order chi connectivity index (χ1) is 11.9. The Hall–Kier alpha value is -1.71. The van der Waals surface area contributed by atoms with E-state index in [1.54, 1.807) is 11.8 Å². The number of ether oxygens (including phenoxy) is 1. The Morgan fingerprint density at radius 2 is 1.80 bits per heavy atom. The summed E-state index contributed by atoms with van der Waals surface area (Å²) in [5.41, 5.74) is 1.84. The van der Waals surface area contributed by atoms with E-state index in [0.29, 0.717) is 11.4 Å². The standard InChI is InChI=1S/C21H19ClO2S/c1-21(2)11-16(23)19-18(12-21)24-17-6-4-3-5-15(17)20(19)25-14-9-7-13(22)8-10-14/h3-10,20H,11-12H2,1-2H3. The molecular weight excluding hydrogens is 352 g/mol. The normalized spacial score (nSPS) is 21.4. The lowest BCUT2D eigenvalue weighted by Gasteiger charge is -2.37. The van der Waals surface area contributed by atoms with Crippen LogP contribution in [0.25, 0.3) is 0 Å². The smallest absolute Gasteiger partial charge is 0.164 e. The third-order valence-electron chi connectivity index (χ3n) is 4.64. The van der Waals surface area contributed by atoms with Crippen LogP contribution in [0.5, 0.6) is 5.75 Å². The van der Waals surface area contributed by atoms with Gasteiger partial charge < -0.3 is 4.74 Å². The summed E-state index contributed by atoms with van der Waals surface area (Å²) < 4.78 is 6.15. The molecule has 0 saturated carbocycles. The molecule has 128 valence electrons. The Kier molecular flexibility index (Phi) is 4.17. The van der Waals surface area contributed by atoms with Crippen molar-refractivity contribution in [2.75, 3.05) is 0 Å². The molecule has 1 unspecified atom stereocenters. The van der Waals surface area contributed by atoms with E-state index < -0.39 is 0 Å². The second-order valence-electron chi connectivity index (χ2n) is 7.37. The van der Waals surface area contributed by atoms with E-state index >= 15 is 0 Å². The van der Waals surface area contributed by atoms with Crippen molar-refractivity contribution < 1.29 is 9.53 Å². The average molecular weight is 371 g/mol. The fourth-order valence-corrected chi connectivity index (χ4v) is 4.91. The third-order valence-corrected chi connectivity index (χ3v) is 6.17. The molecule has 25 heavy (non-hydrogen) atoms. The zero-order valence-electron chi connectivity index (χ0n) is 14.2. The van der Waals surface area contributed by atoms with Gasteiger partial charge in [0.25, 0.3) is 0 Å². The lowest BCUT2D eigenvalue weighted by molar-refractivity contribution is -0.118. The predicted octanol–water partition coefficient (Wildman–Crippen LogP) is 6.21. The molecule has 0 fully saturated rings. The van der Waals surface area contributed by atoms with Crippen molar-refractivity contribution >= 4 is 29.1 Å². The van der Waals surface area contributed by atoms with Gasteiger partial charge in [0.1, 0.15) is 11.5 Å². The van der Waals surface area contributed by atoms with Crippen molar-refractivity contribution in [2.24, 2.45) is 5.41 Å². The van der Waals surface area contributed by atoms with Crippen LogP contribution in [0.2, 0.25) is 5.02 Å². The quantitative estimate of drug-likeness (QED) is 0.628. The molecular formula is C21H19ClO2S. The van der Waals surface area contributed by atoms with Crippen molar-refractivity contribution in [1.82, 2.24) is 0 Å². The molecule has 1 aliphatic heterocycles. The van der Waals surface area contributed by atoms with Gasteiger partial charge in [0.05, 0.1) is 10.8 Å². The zero-order valence-corrected chi connectivity index (χ0v) is 15.8. The van der Waals surface area contributed by atoms with Crippen LogP contribution in [-0.2, 0) is 4.79 Å². The van der Waals surface area contributed by atoms with E-state index in [1.807, 2.05) is 42.5 Å². The second kappa shape index (κ2) is 6.22. The molecule has 2 aromatic carbocycles.